The van der Waals surface area contributed by atoms with Crippen molar-refractivity contribution >= 4 is 5.69 Å². The van der Waals surface area contributed by atoms with Crippen LogP contribution in [0.25, 0.3) is 11.4 Å². The molecule has 0 amide bonds. The number of pyridine rings is 1. The molecule has 2 N–H and O–H groups in total. The normalized spacial score (nSPS) is 10.1. The first-order chi connectivity index (χ1) is 6.75. The number of hydrogen-bond acceptors (Lipinski definition) is 4. The molecule has 0 aliphatic rings. The van der Waals surface area contributed by atoms with E-state index in [1.54, 1.807) is 12.3 Å². The first-order valence-electron chi connectivity index (χ1n) is 3.94. The lowest BCUT2D eigenvalue weighted by Crippen LogP contribution is -1.92. The van der Waals surface area contributed by atoms with E-state index in [1.807, 2.05) is 0 Å². The maximum atomic E-state index is 12.5. The van der Waals surface area contributed by atoms with Gasteiger partial charge < -0.3 is 5.73 Å². The second-order valence-corrected chi connectivity index (χ2v) is 2.73. The zero-order chi connectivity index (χ0) is 9.97. The van der Waals surface area contributed by atoms with E-state index in [0.717, 1.165) is 12.4 Å². The van der Waals surface area contributed by atoms with Crippen molar-refractivity contribution in [1.29, 1.82) is 0 Å². The molecule has 5 heteroatoms. The summed E-state index contributed by atoms with van der Waals surface area (Å²) in [6, 6.07) is 1.68. The average Bonchev–Trinajstić information content (AvgIpc) is 2.19. The zero-order valence-corrected chi connectivity index (χ0v) is 7.18. The maximum absolute atomic E-state index is 12.5. The molecule has 0 saturated carbocycles. The van der Waals surface area contributed by atoms with Gasteiger partial charge in [-0.2, -0.15) is 0 Å². The highest BCUT2D eigenvalue weighted by molar-refractivity contribution is 5.58. The maximum Gasteiger partial charge on any atom is 0.160 e. The fraction of sp³-hybridized carbons (Fsp3) is 0. The number of aromatic nitrogens is 3. The molecule has 0 bridgehead atoms. The highest BCUT2D eigenvalue weighted by atomic mass is 19.1. The minimum absolute atomic E-state index is 0.409. The van der Waals surface area contributed by atoms with Gasteiger partial charge >= 0.3 is 0 Å². The van der Waals surface area contributed by atoms with E-state index in [9.17, 15) is 4.39 Å². The molecule has 0 spiro atoms. The van der Waals surface area contributed by atoms with Crippen molar-refractivity contribution in [3.63, 3.8) is 0 Å². The molecule has 70 valence electrons. The largest absolute Gasteiger partial charge is 0.397 e. The predicted molar refractivity (Wildman–Crippen MR) is 49.6 cm³/mol. The van der Waals surface area contributed by atoms with Gasteiger partial charge in [0.1, 0.15) is 0 Å². The Hall–Kier alpha value is -2.04. The number of nitrogens with two attached hydrogens (primary N) is 1. The molecular formula is C9H7FN4. The van der Waals surface area contributed by atoms with Crippen LogP contribution < -0.4 is 5.73 Å². The smallest absolute Gasteiger partial charge is 0.160 e. The molecular weight excluding hydrogens is 183 g/mol. The molecule has 0 fully saturated rings. The van der Waals surface area contributed by atoms with Gasteiger partial charge in [0.25, 0.3) is 0 Å². The van der Waals surface area contributed by atoms with E-state index < -0.39 is 5.82 Å². The molecule has 2 aromatic heterocycles. The summed E-state index contributed by atoms with van der Waals surface area (Å²) < 4.78 is 12.5. The van der Waals surface area contributed by atoms with Crippen LogP contribution in [0.1, 0.15) is 0 Å². The first-order valence-corrected chi connectivity index (χ1v) is 3.94. The Kier molecular flexibility index (Phi) is 2.06. The predicted octanol–water partition coefficient (Wildman–Crippen LogP) is 1.26. The Labute approximate surface area is 79.7 Å². The van der Waals surface area contributed by atoms with Crippen LogP contribution in [0.5, 0.6) is 0 Å². The van der Waals surface area contributed by atoms with Gasteiger partial charge in [-0.25, -0.2) is 14.4 Å². The highest BCUT2D eigenvalue weighted by Gasteiger charge is 2.01. The molecule has 0 saturated heterocycles. The lowest BCUT2D eigenvalue weighted by molar-refractivity contribution is 0.614. The second kappa shape index (κ2) is 3.37. The monoisotopic (exact) mass is 190 g/mol. The minimum Gasteiger partial charge on any atom is -0.397 e. The van der Waals surface area contributed by atoms with Gasteiger partial charge in [0.2, 0.25) is 0 Å². The summed E-state index contributed by atoms with van der Waals surface area (Å²) in [6.45, 7) is 0. The Morgan fingerprint density at radius 3 is 2.43 bits per heavy atom. The third-order valence-electron chi connectivity index (χ3n) is 1.64. The number of halogens is 1. The van der Waals surface area contributed by atoms with Gasteiger partial charge in [-0.05, 0) is 6.07 Å². The van der Waals surface area contributed by atoms with Crippen molar-refractivity contribution in [2.75, 3.05) is 5.73 Å². The lowest BCUT2D eigenvalue weighted by Gasteiger charge is -1.99. The molecule has 4 nitrogen and oxygen atoms in total. The quantitative estimate of drug-likeness (QED) is 0.735. The van der Waals surface area contributed by atoms with Crippen LogP contribution >= 0.6 is 0 Å². The SMILES string of the molecule is Nc1cncc(-c2ncc(F)cn2)c1. The molecule has 0 unspecified atom stereocenters. The van der Waals surface area contributed by atoms with Crippen LogP contribution in [0.2, 0.25) is 0 Å². The third kappa shape index (κ3) is 1.66. The van der Waals surface area contributed by atoms with Crippen LogP contribution in [-0.2, 0) is 0 Å². The van der Waals surface area contributed by atoms with Crippen molar-refractivity contribution < 1.29 is 4.39 Å². The van der Waals surface area contributed by atoms with Crippen LogP contribution in [0, 0.1) is 5.82 Å². The Morgan fingerprint density at radius 1 is 1.07 bits per heavy atom. The van der Waals surface area contributed by atoms with Gasteiger partial charge in [0, 0.05) is 18.0 Å². The third-order valence-corrected chi connectivity index (χ3v) is 1.64. The molecule has 2 rings (SSSR count). The van der Waals surface area contributed by atoms with Gasteiger partial charge in [-0.15, -0.1) is 0 Å². The molecule has 14 heavy (non-hydrogen) atoms. The molecule has 0 aliphatic heterocycles. The van der Waals surface area contributed by atoms with Gasteiger partial charge in [0.15, 0.2) is 11.6 Å². The van der Waals surface area contributed by atoms with E-state index >= 15 is 0 Å². The summed E-state index contributed by atoms with van der Waals surface area (Å²) in [5.41, 5.74) is 6.73. The second-order valence-electron chi connectivity index (χ2n) is 2.73. The number of nitrogens with zero attached hydrogens (tertiary/aromatic N) is 3. The number of anilines is 1. The Balaban J connectivity index is 2.44. The molecule has 0 radical (unpaired) electrons. The van der Waals surface area contributed by atoms with Crippen molar-refractivity contribution in [2.45, 2.75) is 0 Å². The van der Waals surface area contributed by atoms with Crippen LogP contribution in [0.4, 0.5) is 10.1 Å². The summed E-state index contributed by atoms with van der Waals surface area (Å²) >= 11 is 0. The van der Waals surface area contributed by atoms with Crippen LogP contribution in [-0.4, -0.2) is 15.0 Å². The summed E-state index contributed by atoms with van der Waals surface area (Å²) in [7, 11) is 0. The highest BCUT2D eigenvalue weighted by Crippen LogP contribution is 2.14. The average molecular weight is 190 g/mol. The first kappa shape index (κ1) is 8.55. The Morgan fingerprint density at radius 2 is 1.79 bits per heavy atom. The van der Waals surface area contributed by atoms with Gasteiger partial charge in [-0.1, -0.05) is 0 Å². The summed E-state index contributed by atoms with van der Waals surface area (Å²) in [6.07, 6.45) is 5.30. The molecule has 2 aromatic rings. The van der Waals surface area contributed by atoms with Crippen molar-refractivity contribution in [2.24, 2.45) is 0 Å². The molecule has 0 atom stereocenters. The zero-order valence-electron chi connectivity index (χ0n) is 7.18. The van der Waals surface area contributed by atoms with E-state index in [2.05, 4.69) is 15.0 Å². The summed E-state index contributed by atoms with van der Waals surface area (Å²) in [5.74, 6) is -0.0585. The Bertz CT molecular complexity index is 441. The van der Waals surface area contributed by atoms with E-state index in [1.165, 1.54) is 6.20 Å². The summed E-state index contributed by atoms with van der Waals surface area (Å²) in [4.78, 5) is 11.5. The van der Waals surface area contributed by atoms with Crippen molar-refractivity contribution in [1.82, 2.24) is 15.0 Å². The lowest BCUT2D eigenvalue weighted by atomic mass is 10.2. The fourth-order valence-corrected chi connectivity index (χ4v) is 1.04. The van der Waals surface area contributed by atoms with E-state index in [4.69, 9.17) is 5.73 Å². The number of nitrogen functional groups attached to an aromatic ring is 1. The van der Waals surface area contributed by atoms with Gasteiger partial charge in [0.05, 0.1) is 18.1 Å². The molecule has 2 heterocycles. The van der Waals surface area contributed by atoms with E-state index in [-0.39, 0.29) is 0 Å². The topological polar surface area (TPSA) is 64.7 Å². The van der Waals surface area contributed by atoms with Crippen LogP contribution in [0.3, 0.4) is 0 Å². The van der Waals surface area contributed by atoms with Crippen molar-refractivity contribution in [3.8, 4) is 11.4 Å². The fourth-order valence-electron chi connectivity index (χ4n) is 1.04. The van der Waals surface area contributed by atoms with Crippen molar-refractivity contribution in [3.05, 3.63) is 36.7 Å². The minimum atomic E-state index is -0.467. The molecule has 0 aliphatic carbocycles. The van der Waals surface area contributed by atoms with Gasteiger partial charge in [-0.3, -0.25) is 4.98 Å². The number of rotatable bonds is 1. The molecule has 0 aromatic carbocycles. The van der Waals surface area contributed by atoms with Crippen LogP contribution in [0.15, 0.2) is 30.9 Å². The summed E-state index contributed by atoms with van der Waals surface area (Å²) in [5, 5.41) is 0. The standard InChI is InChI=1S/C9H7FN4/c10-7-3-13-9(14-4-7)6-1-8(11)5-12-2-6/h1-5H,11H2. The number of hydrogen-bond donors (Lipinski definition) is 1. The van der Waals surface area contributed by atoms with E-state index in [0.29, 0.717) is 17.1 Å².